The lowest BCUT2D eigenvalue weighted by Crippen LogP contribution is -2.58. The fourth-order valence-electron chi connectivity index (χ4n) is 4.85. The third-order valence-electron chi connectivity index (χ3n) is 5.98. The fourth-order valence-corrected chi connectivity index (χ4v) is 4.85. The van der Waals surface area contributed by atoms with E-state index in [1.807, 2.05) is 20.8 Å². The zero-order valence-corrected chi connectivity index (χ0v) is 16.3. The van der Waals surface area contributed by atoms with E-state index < -0.39 is 5.60 Å². The quantitative estimate of drug-likeness (QED) is 0.727. The molecule has 4 nitrogen and oxygen atoms in total. The number of aromatic nitrogens is 1. The van der Waals surface area contributed by atoms with Gasteiger partial charge in [-0.15, -0.1) is 0 Å². The summed E-state index contributed by atoms with van der Waals surface area (Å²) in [6.45, 7) is 7.96. The Morgan fingerprint density at radius 3 is 2.54 bits per heavy atom. The number of H-pyrrole nitrogens is 1. The Morgan fingerprint density at radius 2 is 1.85 bits per heavy atom. The summed E-state index contributed by atoms with van der Waals surface area (Å²) in [6, 6.07) is 8.16. The Morgan fingerprint density at radius 1 is 1.15 bits per heavy atom. The Bertz CT molecular complexity index is 824. The zero-order valence-electron chi connectivity index (χ0n) is 16.3. The lowest BCUT2D eigenvalue weighted by molar-refractivity contribution is -0.159. The molecule has 2 aromatic rings. The second-order valence-electron chi connectivity index (χ2n) is 9.05. The molecule has 2 heterocycles. The molecular formula is C22H30N2O2. The first-order valence-corrected chi connectivity index (χ1v) is 9.92. The second kappa shape index (κ2) is 6.12. The van der Waals surface area contributed by atoms with Gasteiger partial charge in [-0.3, -0.25) is 10.1 Å². The molecule has 0 unspecified atom stereocenters. The van der Waals surface area contributed by atoms with E-state index >= 15 is 0 Å². The molecule has 4 heteroatoms. The molecule has 1 aliphatic heterocycles. The number of fused-ring (bicyclic) bond motifs is 4. The number of nitrogens with one attached hydrogen (secondary N) is 2. The van der Waals surface area contributed by atoms with Crippen LogP contribution in [0.25, 0.3) is 10.9 Å². The molecular weight excluding hydrogens is 324 g/mol. The standard InChI is InChI=1S/C22H30N2O2/c1-14-17-15-10-6-7-11-16(15)23-19(17)22(12-8-5-9-13-22)24-18(14)20(25)26-21(2,3)4/h6-7,10-11,14,18,23-24H,5,8-9,12-13H2,1-4H3/t14-,18+/m1/s1. The van der Waals surface area contributed by atoms with Crippen LogP contribution in [0, 0.1) is 0 Å². The van der Waals surface area contributed by atoms with Crippen LogP contribution in [0.2, 0.25) is 0 Å². The predicted molar refractivity (Wildman–Crippen MR) is 104 cm³/mol. The van der Waals surface area contributed by atoms with Crippen LogP contribution in [-0.2, 0) is 15.1 Å². The molecule has 0 saturated heterocycles. The molecule has 2 aliphatic rings. The molecule has 2 N–H and O–H groups in total. The monoisotopic (exact) mass is 354 g/mol. The van der Waals surface area contributed by atoms with Gasteiger partial charge in [-0.25, -0.2) is 0 Å². The smallest absolute Gasteiger partial charge is 0.324 e. The van der Waals surface area contributed by atoms with Gasteiger partial charge in [0.2, 0.25) is 0 Å². The molecule has 0 radical (unpaired) electrons. The molecule has 140 valence electrons. The summed E-state index contributed by atoms with van der Waals surface area (Å²) >= 11 is 0. The van der Waals surface area contributed by atoms with Gasteiger partial charge in [-0.05, 0) is 45.2 Å². The maximum atomic E-state index is 13.0. The van der Waals surface area contributed by atoms with Crippen LogP contribution >= 0.6 is 0 Å². The van der Waals surface area contributed by atoms with E-state index in [0.717, 1.165) is 12.8 Å². The van der Waals surface area contributed by atoms with E-state index in [1.54, 1.807) is 0 Å². The van der Waals surface area contributed by atoms with Crippen LogP contribution in [0.1, 0.15) is 77.0 Å². The van der Waals surface area contributed by atoms with Crippen LogP contribution in [0.3, 0.4) is 0 Å². The largest absolute Gasteiger partial charge is 0.459 e. The van der Waals surface area contributed by atoms with Gasteiger partial charge in [0.05, 0.1) is 5.54 Å². The number of aromatic amines is 1. The van der Waals surface area contributed by atoms with E-state index in [0.29, 0.717) is 0 Å². The molecule has 1 aromatic carbocycles. The van der Waals surface area contributed by atoms with Gasteiger partial charge in [0, 0.05) is 22.5 Å². The molecule has 1 saturated carbocycles. The first-order valence-electron chi connectivity index (χ1n) is 9.92. The summed E-state index contributed by atoms with van der Waals surface area (Å²) in [5.74, 6) is -0.0607. The lowest BCUT2D eigenvalue weighted by atomic mass is 9.71. The Labute approximate surface area is 155 Å². The molecule has 1 fully saturated rings. The lowest BCUT2D eigenvalue weighted by Gasteiger charge is -2.46. The number of benzene rings is 1. The van der Waals surface area contributed by atoms with Crippen molar-refractivity contribution in [2.75, 3.05) is 0 Å². The van der Waals surface area contributed by atoms with Crippen LogP contribution in [-0.4, -0.2) is 22.6 Å². The molecule has 1 aromatic heterocycles. The van der Waals surface area contributed by atoms with E-state index in [2.05, 4.69) is 41.5 Å². The molecule has 26 heavy (non-hydrogen) atoms. The Hall–Kier alpha value is -1.81. The summed E-state index contributed by atoms with van der Waals surface area (Å²) in [5, 5.41) is 5.00. The predicted octanol–water partition coefficient (Wildman–Crippen LogP) is 4.74. The van der Waals surface area contributed by atoms with Crippen molar-refractivity contribution in [3.8, 4) is 0 Å². The normalized spacial score (nSPS) is 25.2. The minimum Gasteiger partial charge on any atom is -0.459 e. The van der Waals surface area contributed by atoms with Gasteiger partial charge in [0.1, 0.15) is 11.6 Å². The molecule has 1 spiro atoms. The van der Waals surface area contributed by atoms with Gasteiger partial charge >= 0.3 is 5.97 Å². The maximum absolute atomic E-state index is 13.0. The topological polar surface area (TPSA) is 54.1 Å². The number of hydrogen-bond donors (Lipinski definition) is 2. The zero-order chi connectivity index (χ0) is 18.5. The van der Waals surface area contributed by atoms with Crippen molar-refractivity contribution < 1.29 is 9.53 Å². The van der Waals surface area contributed by atoms with Crippen LogP contribution in [0.5, 0.6) is 0 Å². The van der Waals surface area contributed by atoms with E-state index in [-0.39, 0.29) is 23.5 Å². The molecule has 0 bridgehead atoms. The number of esters is 1. The maximum Gasteiger partial charge on any atom is 0.324 e. The van der Waals surface area contributed by atoms with Crippen molar-refractivity contribution in [3.63, 3.8) is 0 Å². The highest BCUT2D eigenvalue weighted by Gasteiger charge is 2.48. The van der Waals surface area contributed by atoms with Crippen molar-refractivity contribution in [2.24, 2.45) is 0 Å². The van der Waals surface area contributed by atoms with Gasteiger partial charge in [-0.1, -0.05) is 44.4 Å². The number of carbonyl (C=O) groups excluding carboxylic acids is 1. The number of ether oxygens (including phenoxy) is 1. The van der Waals surface area contributed by atoms with Gasteiger partial charge in [0.25, 0.3) is 0 Å². The minimum absolute atomic E-state index is 0.0727. The van der Waals surface area contributed by atoms with Crippen molar-refractivity contribution in [3.05, 3.63) is 35.5 Å². The van der Waals surface area contributed by atoms with E-state index in [4.69, 9.17) is 4.74 Å². The highest BCUT2D eigenvalue weighted by Crippen LogP contribution is 2.47. The average Bonchev–Trinajstić information content (AvgIpc) is 2.98. The summed E-state index contributed by atoms with van der Waals surface area (Å²) in [5.41, 5.74) is 3.16. The second-order valence-corrected chi connectivity index (χ2v) is 9.05. The van der Waals surface area contributed by atoms with E-state index in [9.17, 15) is 4.79 Å². The third-order valence-corrected chi connectivity index (χ3v) is 5.98. The number of carbonyl (C=O) groups is 1. The van der Waals surface area contributed by atoms with Crippen LogP contribution in [0.4, 0.5) is 0 Å². The average molecular weight is 354 g/mol. The highest BCUT2D eigenvalue weighted by molar-refractivity contribution is 5.88. The first-order chi connectivity index (χ1) is 12.3. The Balaban J connectivity index is 1.83. The SMILES string of the molecule is C[C@@H]1c2c([nH]c3ccccc23)C2(CCCCC2)N[C@@H]1C(=O)OC(C)(C)C. The number of rotatable bonds is 1. The molecule has 1 aliphatic carbocycles. The summed E-state index contributed by atoms with van der Waals surface area (Å²) < 4.78 is 5.77. The molecule has 0 amide bonds. The summed E-state index contributed by atoms with van der Waals surface area (Å²) in [4.78, 5) is 16.7. The number of hydrogen-bond acceptors (Lipinski definition) is 3. The number of para-hydroxylation sites is 1. The van der Waals surface area contributed by atoms with Crippen molar-refractivity contribution in [1.29, 1.82) is 0 Å². The van der Waals surface area contributed by atoms with Crippen molar-refractivity contribution >= 4 is 16.9 Å². The Kier molecular flexibility index (Phi) is 4.14. The van der Waals surface area contributed by atoms with Crippen molar-refractivity contribution in [1.82, 2.24) is 10.3 Å². The van der Waals surface area contributed by atoms with Gasteiger partial charge < -0.3 is 9.72 Å². The summed E-state index contributed by atoms with van der Waals surface area (Å²) in [6.07, 6.45) is 5.79. The highest BCUT2D eigenvalue weighted by atomic mass is 16.6. The fraction of sp³-hybridized carbons (Fsp3) is 0.591. The van der Waals surface area contributed by atoms with Gasteiger partial charge in [0.15, 0.2) is 0 Å². The van der Waals surface area contributed by atoms with Crippen molar-refractivity contribution in [2.45, 2.75) is 82.9 Å². The molecule has 4 rings (SSSR count). The summed E-state index contributed by atoms with van der Waals surface area (Å²) in [7, 11) is 0. The third kappa shape index (κ3) is 2.84. The van der Waals surface area contributed by atoms with Crippen LogP contribution in [0.15, 0.2) is 24.3 Å². The molecule has 2 atom stereocenters. The minimum atomic E-state index is -0.474. The van der Waals surface area contributed by atoms with Crippen LogP contribution < -0.4 is 5.32 Å². The first kappa shape index (κ1) is 17.6. The van der Waals surface area contributed by atoms with Gasteiger partial charge in [-0.2, -0.15) is 0 Å². The van der Waals surface area contributed by atoms with E-state index in [1.165, 1.54) is 41.4 Å².